The standard InChI is InChI=1S/C19H19NO2S/c20-14-13-17(12-11-16-7-3-1-4-8-16)22-19(21)15-23-18-9-5-2-6-10-18/h1-10,17H,11-13,15H2/t17-/m1/s1. The van der Waals surface area contributed by atoms with Crippen molar-refractivity contribution in [2.24, 2.45) is 0 Å². The molecule has 0 aliphatic rings. The highest BCUT2D eigenvalue weighted by Crippen LogP contribution is 2.18. The molecule has 3 nitrogen and oxygen atoms in total. The van der Waals surface area contributed by atoms with Crippen molar-refractivity contribution >= 4 is 17.7 Å². The van der Waals surface area contributed by atoms with Crippen LogP contribution in [0, 0.1) is 11.3 Å². The van der Waals surface area contributed by atoms with Gasteiger partial charge < -0.3 is 4.74 Å². The van der Waals surface area contributed by atoms with Crippen molar-refractivity contribution in [3.05, 3.63) is 66.2 Å². The molecule has 4 heteroatoms. The Bertz CT molecular complexity index is 637. The predicted octanol–water partition coefficient (Wildman–Crippen LogP) is 4.24. The van der Waals surface area contributed by atoms with Gasteiger partial charge in [-0.05, 0) is 30.5 Å². The number of esters is 1. The van der Waals surface area contributed by atoms with Crippen LogP contribution in [0.15, 0.2) is 65.6 Å². The first-order chi connectivity index (χ1) is 11.3. The molecule has 0 saturated heterocycles. The minimum Gasteiger partial charge on any atom is -0.461 e. The van der Waals surface area contributed by atoms with Gasteiger partial charge in [0.05, 0.1) is 18.2 Å². The third kappa shape index (κ3) is 6.58. The lowest BCUT2D eigenvalue weighted by atomic mass is 10.1. The molecule has 0 spiro atoms. The lowest BCUT2D eigenvalue weighted by molar-refractivity contribution is -0.145. The molecule has 118 valence electrons. The molecule has 0 aliphatic heterocycles. The molecule has 0 heterocycles. The largest absolute Gasteiger partial charge is 0.461 e. The summed E-state index contributed by atoms with van der Waals surface area (Å²) < 4.78 is 5.45. The van der Waals surface area contributed by atoms with E-state index in [1.807, 2.05) is 60.7 Å². The van der Waals surface area contributed by atoms with Gasteiger partial charge in [0, 0.05) is 4.90 Å². The molecular formula is C19H19NO2S. The minimum absolute atomic E-state index is 0.231. The number of nitriles is 1. The zero-order valence-corrected chi connectivity index (χ0v) is 13.7. The quantitative estimate of drug-likeness (QED) is 0.538. The molecule has 0 unspecified atom stereocenters. The van der Waals surface area contributed by atoms with E-state index in [0.29, 0.717) is 6.42 Å². The normalized spacial score (nSPS) is 11.4. The Balaban J connectivity index is 1.79. The summed E-state index contributed by atoms with van der Waals surface area (Å²) in [7, 11) is 0. The van der Waals surface area contributed by atoms with Crippen molar-refractivity contribution < 1.29 is 9.53 Å². The number of rotatable bonds is 8. The molecule has 2 rings (SSSR count). The number of carbonyl (C=O) groups is 1. The fourth-order valence-electron chi connectivity index (χ4n) is 2.16. The van der Waals surface area contributed by atoms with Gasteiger partial charge in [0.1, 0.15) is 6.10 Å². The second kappa shape index (κ2) is 9.70. The molecule has 0 saturated carbocycles. The smallest absolute Gasteiger partial charge is 0.316 e. The van der Waals surface area contributed by atoms with Crippen molar-refractivity contribution in [3.63, 3.8) is 0 Å². The van der Waals surface area contributed by atoms with Crippen LogP contribution in [0.5, 0.6) is 0 Å². The first-order valence-electron chi connectivity index (χ1n) is 7.56. The second-order valence-corrected chi connectivity index (χ2v) is 6.15. The maximum atomic E-state index is 12.0. The molecular weight excluding hydrogens is 306 g/mol. The molecule has 1 atom stereocenters. The molecule has 0 aliphatic carbocycles. The molecule has 0 N–H and O–H groups in total. The average molecular weight is 325 g/mol. The van der Waals surface area contributed by atoms with Gasteiger partial charge >= 0.3 is 5.97 Å². The van der Waals surface area contributed by atoms with Crippen molar-refractivity contribution in [2.45, 2.75) is 30.3 Å². The topological polar surface area (TPSA) is 50.1 Å². The van der Waals surface area contributed by atoms with Crippen LogP contribution in [0.4, 0.5) is 0 Å². The lowest BCUT2D eigenvalue weighted by Gasteiger charge is -2.15. The first-order valence-corrected chi connectivity index (χ1v) is 8.54. The maximum absolute atomic E-state index is 12.0. The highest BCUT2D eigenvalue weighted by Gasteiger charge is 2.14. The van der Waals surface area contributed by atoms with Gasteiger partial charge in [0.25, 0.3) is 0 Å². The minimum atomic E-state index is -0.343. The Kier molecular flexibility index (Phi) is 7.22. The Morgan fingerprint density at radius 2 is 1.74 bits per heavy atom. The summed E-state index contributed by atoms with van der Waals surface area (Å²) in [5, 5.41) is 8.91. The van der Waals surface area contributed by atoms with Gasteiger partial charge in [-0.2, -0.15) is 5.26 Å². The second-order valence-electron chi connectivity index (χ2n) is 5.10. The molecule has 23 heavy (non-hydrogen) atoms. The van der Waals surface area contributed by atoms with E-state index in [1.54, 1.807) is 0 Å². The fraction of sp³-hybridized carbons (Fsp3) is 0.263. The zero-order valence-electron chi connectivity index (χ0n) is 12.9. The summed E-state index contributed by atoms with van der Waals surface area (Å²) in [5.74, 6) is -0.00995. The van der Waals surface area contributed by atoms with Crippen LogP contribution in [0.3, 0.4) is 0 Å². The molecule has 0 amide bonds. The average Bonchev–Trinajstić information content (AvgIpc) is 2.60. The molecule has 0 aromatic heterocycles. The highest BCUT2D eigenvalue weighted by atomic mass is 32.2. The van der Waals surface area contributed by atoms with Crippen LogP contribution in [0.25, 0.3) is 0 Å². The summed E-state index contributed by atoms with van der Waals surface area (Å²) in [4.78, 5) is 13.0. The van der Waals surface area contributed by atoms with E-state index < -0.39 is 0 Å². The Hall–Kier alpha value is -2.25. The van der Waals surface area contributed by atoms with Gasteiger partial charge in [0.2, 0.25) is 0 Å². The Morgan fingerprint density at radius 1 is 1.09 bits per heavy atom. The van der Waals surface area contributed by atoms with Crippen LogP contribution in [0.1, 0.15) is 18.4 Å². The van der Waals surface area contributed by atoms with Crippen LogP contribution in [-0.4, -0.2) is 17.8 Å². The molecule has 2 aromatic carbocycles. The van der Waals surface area contributed by atoms with E-state index >= 15 is 0 Å². The number of hydrogen-bond acceptors (Lipinski definition) is 4. The molecule has 2 aromatic rings. The highest BCUT2D eigenvalue weighted by molar-refractivity contribution is 8.00. The number of hydrogen-bond donors (Lipinski definition) is 0. The third-order valence-electron chi connectivity index (χ3n) is 3.31. The van der Waals surface area contributed by atoms with Crippen molar-refractivity contribution in [3.8, 4) is 6.07 Å². The first kappa shape index (κ1) is 17.1. The van der Waals surface area contributed by atoms with Gasteiger partial charge in [0.15, 0.2) is 0 Å². The number of nitrogens with zero attached hydrogens (tertiary/aromatic N) is 1. The van der Waals surface area contributed by atoms with E-state index in [1.165, 1.54) is 17.3 Å². The third-order valence-corrected chi connectivity index (χ3v) is 4.30. The summed E-state index contributed by atoms with van der Waals surface area (Å²) in [6.45, 7) is 0. The van der Waals surface area contributed by atoms with E-state index in [0.717, 1.165) is 11.3 Å². The Morgan fingerprint density at radius 3 is 2.39 bits per heavy atom. The van der Waals surface area contributed by atoms with E-state index in [4.69, 9.17) is 10.00 Å². The van der Waals surface area contributed by atoms with E-state index in [2.05, 4.69) is 6.07 Å². The number of aryl methyl sites for hydroxylation is 1. The fourth-order valence-corrected chi connectivity index (χ4v) is 2.86. The summed E-state index contributed by atoms with van der Waals surface area (Å²) in [6.07, 6.45) is 1.35. The maximum Gasteiger partial charge on any atom is 0.316 e. The number of thioether (sulfide) groups is 1. The van der Waals surface area contributed by atoms with Crippen LogP contribution in [-0.2, 0) is 16.0 Å². The summed E-state index contributed by atoms with van der Waals surface area (Å²) in [6, 6.07) is 21.8. The summed E-state index contributed by atoms with van der Waals surface area (Å²) in [5.41, 5.74) is 1.19. The molecule has 0 radical (unpaired) electrons. The van der Waals surface area contributed by atoms with Gasteiger partial charge in [-0.3, -0.25) is 4.79 Å². The zero-order chi connectivity index (χ0) is 16.3. The van der Waals surface area contributed by atoms with Crippen LogP contribution < -0.4 is 0 Å². The SMILES string of the molecule is N#CC[C@@H](CCc1ccccc1)OC(=O)CSc1ccccc1. The van der Waals surface area contributed by atoms with E-state index in [9.17, 15) is 4.79 Å². The monoisotopic (exact) mass is 325 g/mol. The van der Waals surface area contributed by atoms with Crippen molar-refractivity contribution in [2.75, 3.05) is 5.75 Å². The Labute approximate surface area is 141 Å². The van der Waals surface area contributed by atoms with Gasteiger partial charge in [-0.15, -0.1) is 11.8 Å². The predicted molar refractivity (Wildman–Crippen MR) is 92.0 cm³/mol. The molecule has 0 bridgehead atoms. The number of carbonyl (C=O) groups excluding carboxylic acids is 1. The summed E-state index contributed by atoms with van der Waals surface area (Å²) >= 11 is 1.45. The van der Waals surface area contributed by atoms with Gasteiger partial charge in [-0.25, -0.2) is 0 Å². The number of benzene rings is 2. The van der Waals surface area contributed by atoms with Crippen molar-refractivity contribution in [1.29, 1.82) is 5.26 Å². The van der Waals surface area contributed by atoms with Gasteiger partial charge in [-0.1, -0.05) is 48.5 Å². The molecule has 0 fully saturated rings. The van der Waals surface area contributed by atoms with Crippen LogP contribution in [0.2, 0.25) is 0 Å². The van der Waals surface area contributed by atoms with Crippen LogP contribution >= 0.6 is 11.8 Å². The number of ether oxygens (including phenoxy) is 1. The van der Waals surface area contributed by atoms with Crippen molar-refractivity contribution in [1.82, 2.24) is 0 Å². The lowest BCUT2D eigenvalue weighted by Crippen LogP contribution is -2.20. The van der Waals surface area contributed by atoms with E-state index in [-0.39, 0.29) is 24.2 Å².